The van der Waals surface area contributed by atoms with Crippen LogP contribution in [0.15, 0.2) is 29.2 Å². The Labute approximate surface area is 191 Å². The number of carbonyl (C=O) groups is 1. The van der Waals surface area contributed by atoms with Crippen LogP contribution >= 0.6 is 0 Å². The minimum atomic E-state index is -3.75. The molecule has 0 aliphatic carbocycles. The summed E-state index contributed by atoms with van der Waals surface area (Å²) < 4.78 is 39.6. The number of nitrogens with zero attached hydrogens (tertiary/aromatic N) is 1. The van der Waals surface area contributed by atoms with Gasteiger partial charge in [-0.3, -0.25) is 0 Å². The molecule has 1 aromatic carbocycles. The number of sulfonamides is 1. The minimum Gasteiger partial charge on any atom is -0.461 e. The van der Waals surface area contributed by atoms with E-state index in [4.69, 9.17) is 9.47 Å². The fourth-order valence-corrected chi connectivity index (χ4v) is 5.58. The number of esters is 1. The van der Waals surface area contributed by atoms with Gasteiger partial charge in [0.15, 0.2) is 0 Å². The lowest BCUT2D eigenvalue weighted by molar-refractivity contribution is 0.0519. The highest BCUT2D eigenvalue weighted by molar-refractivity contribution is 7.89. The lowest BCUT2D eigenvalue weighted by Crippen LogP contribution is -2.37. The number of aromatic nitrogens is 1. The molecule has 2 heterocycles. The van der Waals surface area contributed by atoms with E-state index < -0.39 is 16.0 Å². The Kier molecular flexibility index (Phi) is 8.14. The molecule has 0 saturated carbocycles. The second kappa shape index (κ2) is 10.6. The molecule has 0 amide bonds. The molecule has 1 N–H and O–H groups in total. The van der Waals surface area contributed by atoms with E-state index in [1.165, 1.54) is 4.31 Å². The first-order valence-corrected chi connectivity index (χ1v) is 12.8. The van der Waals surface area contributed by atoms with Gasteiger partial charge in [0.05, 0.1) is 17.6 Å². The van der Waals surface area contributed by atoms with Crippen molar-refractivity contribution in [1.29, 1.82) is 0 Å². The molecule has 32 heavy (non-hydrogen) atoms. The Morgan fingerprint density at radius 2 is 1.94 bits per heavy atom. The average Bonchev–Trinajstić information content (AvgIpc) is 3.37. The van der Waals surface area contributed by atoms with Crippen LogP contribution in [0.5, 0.6) is 0 Å². The van der Waals surface area contributed by atoms with Gasteiger partial charge in [-0.15, -0.1) is 0 Å². The molecule has 1 fully saturated rings. The van der Waals surface area contributed by atoms with Crippen molar-refractivity contribution >= 4 is 16.0 Å². The first-order chi connectivity index (χ1) is 15.3. The molecule has 1 saturated heterocycles. The quantitative estimate of drug-likeness (QED) is 0.536. The van der Waals surface area contributed by atoms with Crippen LogP contribution in [0.1, 0.15) is 66.0 Å². The molecule has 3 rings (SSSR count). The van der Waals surface area contributed by atoms with E-state index in [1.54, 1.807) is 19.1 Å². The van der Waals surface area contributed by atoms with Crippen LogP contribution in [0.2, 0.25) is 0 Å². The number of ether oxygens (including phenoxy) is 2. The summed E-state index contributed by atoms with van der Waals surface area (Å²) in [4.78, 5) is 15.6. The van der Waals surface area contributed by atoms with Crippen LogP contribution in [-0.2, 0) is 32.5 Å². The smallest absolute Gasteiger partial charge is 0.355 e. The molecule has 0 radical (unpaired) electrons. The van der Waals surface area contributed by atoms with Crippen molar-refractivity contribution in [3.8, 4) is 0 Å². The fraction of sp³-hybridized carbons (Fsp3) is 0.542. The molecule has 2 aromatic rings. The lowest BCUT2D eigenvalue weighted by atomic mass is 10.1. The number of rotatable bonds is 10. The summed E-state index contributed by atoms with van der Waals surface area (Å²) in [6.07, 6.45) is 3.55. The maximum atomic E-state index is 13.6. The average molecular weight is 463 g/mol. The van der Waals surface area contributed by atoms with Gasteiger partial charge in [-0.1, -0.05) is 25.5 Å². The Balaban J connectivity index is 1.93. The first-order valence-electron chi connectivity index (χ1n) is 11.3. The first kappa shape index (κ1) is 24.5. The van der Waals surface area contributed by atoms with E-state index in [9.17, 15) is 13.2 Å². The lowest BCUT2D eigenvalue weighted by Gasteiger charge is -2.25. The second-order valence-corrected chi connectivity index (χ2v) is 10.2. The third-order valence-corrected chi connectivity index (χ3v) is 7.76. The second-order valence-electron chi connectivity index (χ2n) is 8.28. The number of carbonyl (C=O) groups excluding carboxylic acids is 1. The van der Waals surface area contributed by atoms with Gasteiger partial charge in [-0.05, 0) is 68.9 Å². The zero-order chi connectivity index (χ0) is 23.3. The molecule has 1 atom stereocenters. The van der Waals surface area contributed by atoms with E-state index in [0.29, 0.717) is 17.9 Å². The predicted octanol–water partition coefficient (Wildman–Crippen LogP) is 4.13. The Morgan fingerprint density at radius 3 is 2.53 bits per heavy atom. The zero-order valence-electron chi connectivity index (χ0n) is 19.4. The van der Waals surface area contributed by atoms with Crippen molar-refractivity contribution < 1.29 is 22.7 Å². The number of nitrogens with one attached hydrogen (secondary N) is 1. The summed E-state index contributed by atoms with van der Waals surface area (Å²) in [7, 11) is -3.75. The van der Waals surface area contributed by atoms with Crippen LogP contribution in [0, 0.1) is 13.8 Å². The Morgan fingerprint density at radius 1 is 1.22 bits per heavy atom. The normalized spacial score (nSPS) is 16.6. The highest BCUT2D eigenvalue weighted by atomic mass is 32.2. The molecule has 7 nitrogen and oxygen atoms in total. The van der Waals surface area contributed by atoms with Crippen LogP contribution < -0.4 is 0 Å². The molecule has 8 heteroatoms. The van der Waals surface area contributed by atoms with E-state index in [1.807, 2.05) is 26.0 Å². The van der Waals surface area contributed by atoms with Gasteiger partial charge in [-0.25, -0.2) is 13.2 Å². The van der Waals surface area contributed by atoms with Crippen LogP contribution in [0.4, 0.5) is 0 Å². The topological polar surface area (TPSA) is 88.7 Å². The summed E-state index contributed by atoms with van der Waals surface area (Å²) in [5, 5.41) is 0. The van der Waals surface area contributed by atoms with Gasteiger partial charge < -0.3 is 14.5 Å². The largest absolute Gasteiger partial charge is 0.461 e. The molecule has 0 spiro atoms. The van der Waals surface area contributed by atoms with Crippen LogP contribution in [0.3, 0.4) is 0 Å². The van der Waals surface area contributed by atoms with Crippen molar-refractivity contribution in [2.45, 2.75) is 70.9 Å². The van der Waals surface area contributed by atoms with Crippen LogP contribution in [0.25, 0.3) is 0 Å². The molecular weight excluding hydrogens is 428 g/mol. The maximum absolute atomic E-state index is 13.6. The molecule has 1 aliphatic rings. The van der Waals surface area contributed by atoms with Gasteiger partial charge in [0.25, 0.3) is 0 Å². The predicted molar refractivity (Wildman–Crippen MR) is 123 cm³/mol. The van der Waals surface area contributed by atoms with Crippen molar-refractivity contribution in [3.05, 3.63) is 52.3 Å². The van der Waals surface area contributed by atoms with E-state index in [-0.39, 0.29) is 30.7 Å². The monoisotopic (exact) mass is 462 g/mol. The highest BCUT2D eigenvalue weighted by Gasteiger charge is 2.31. The third kappa shape index (κ3) is 5.42. The number of aromatic amines is 1. The highest BCUT2D eigenvalue weighted by Crippen LogP contribution is 2.26. The van der Waals surface area contributed by atoms with E-state index in [2.05, 4.69) is 11.9 Å². The number of hydrogen-bond acceptors (Lipinski definition) is 5. The van der Waals surface area contributed by atoms with Gasteiger partial charge in [0, 0.05) is 25.4 Å². The van der Waals surface area contributed by atoms with Gasteiger partial charge in [-0.2, -0.15) is 4.31 Å². The standard InChI is InChI=1S/C24H34N2O5S/c1-5-8-19-10-12-21(13-11-19)32(28,29)26(15-20-9-7-14-31-20)16-22-17(3)23(25-18(22)4)24(27)30-6-2/h10-13,20,25H,5-9,14-16H2,1-4H3/t20-/m0/s1. The number of aryl methyl sites for hydroxylation is 2. The molecule has 176 valence electrons. The van der Waals surface area contributed by atoms with Crippen molar-refractivity contribution in [2.24, 2.45) is 0 Å². The third-order valence-electron chi connectivity index (χ3n) is 5.94. The van der Waals surface area contributed by atoms with Crippen LogP contribution in [-0.4, -0.2) is 49.5 Å². The minimum absolute atomic E-state index is 0.131. The van der Waals surface area contributed by atoms with Crippen molar-refractivity contribution in [1.82, 2.24) is 9.29 Å². The van der Waals surface area contributed by atoms with E-state index >= 15 is 0 Å². The van der Waals surface area contributed by atoms with Gasteiger partial charge in [0.2, 0.25) is 10.0 Å². The summed E-state index contributed by atoms with van der Waals surface area (Å²) in [5.74, 6) is -0.431. The van der Waals surface area contributed by atoms with Gasteiger partial charge in [0.1, 0.15) is 5.69 Å². The maximum Gasteiger partial charge on any atom is 0.355 e. The SMILES string of the molecule is CCCc1ccc(S(=O)(=O)N(Cc2c(C)[nH]c(C(=O)OCC)c2C)C[C@@H]2CCCO2)cc1. The molecular formula is C24H34N2O5S. The summed E-state index contributed by atoms with van der Waals surface area (Å²) >= 11 is 0. The Hall–Kier alpha value is -2.16. The number of H-pyrrole nitrogens is 1. The molecule has 1 aliphatic heterocycles. The molecule has 0 unspecified atom stereocenters. The Bertz CT molecular complexity index is 1020. The van der Waals surface area contributed by atoms with Crippen molar-refractivity contribution in [3.63, 3.8) is 0 Å². The van der Waals surface area contributed by atoms with Gasteiger partial charge >= 0.3 is 5.97 Å². The van der Waals surface area contributed by atoms with E-state index in [0.717, 1.165) is 42.5 Å². The zero-order valence-corrected chi connectivity index (χ0v) is 20.3. The molecule has 0 bridgehead atoms. The number of hydrogen-bond donors (Lipinski definition) is 1. The summed E-state index contributed by atoms with van der Waals surface area (Å²) in [5.41, 5.74) is 3.76. The summed E-state index contributed by atoms with van der Waals surface area (Å²) in [6.45, 7) is 8.89. The summed E-state index contributed by atoms with van der Waals surface area (Å²) in [6, 6.07) is 7.13. The molecule has 1 aromatic heterocycles. The number of benzene rings is 1. The van der Waals surface area contributed by atoms with Crippen molar-refractivity contribution in [2.75, 3.05) is 19.8 Å². The fourth-order valence-electron chi connectivity index (χ4n) is 4.14.